The molecular formula is C25H17F6N3O2S. The molecule has 0 fully saturated rings. The lowest BCUT2D eigenvalue weighted by molar-refractivity contribution is -0.143. The number of halogens is 6. The highest BCUT2D eigenvalue weighted by Gasteiger charge is 2.42. The molecular weight excluding hydrogens is 520 g/mol. The van der Waals surface area contributed by atoms with Gasteiger partial charge in [-0.15, -0.1) is 11.3 Å². The minimum atomic E-state index is -5.07. The average molecular weight is 537 g/mol. The number of nitrogens with one attached hydrogen (secondary N) is 1. The first-order chi connectivity index (χ1) is 17.3. The van der Waals surface area contributed by atoms with E-state index in [0.29, 0.717) is 16.0 Å². The fourth-order valence-corrected chi connectivity index (χ4v) is 4.17. The standard InChI is InChI=1S/C25H17F6N3O2S/c1-14(15-4-6-16(7-5-15)22(35)19-3-2-12-37-19)23(36)32-17-8-10-18(11-9-17)34-21(25(29,30)31)13-20(33-34)24(26,27)28/h2-14H,1H3,(H,32,36). The van der Waals surface area contributed by atoms with Crippen LogP contribution in [-0.4, -0.2) is 21.5 Å². The maximum absolute atomic E-state index is 13.3. The molecule has 5 nitrogen and oxygen atoms in total. The molecule has 1 N–H and O–H groups in total. The number of carbonyl (C=O) groups excluding carboxylic acids is 2. The zero-order chi connectivity index (χ0) is 27.0. The van der Waals surface area contributed by atoms with Gasteiger partial charge >= 0.3 is 12.4 Å². The molecule has 0 bridgehead atoms. The van der Waals surface area contributed by atoms with E-state index in [1.165, 1.54) is 23.5 Å². The summed E-state index contributed by atoms with van der Waals surface area (Å²) in [5.74, 6) is -1.20. The Hall–Kier alpha value is -3.93. The Labute approximate surface area is 210 Å². The van der Waals surface area contributed by atoms with Crippen LogP contribution in [0, 0.1) is 0 Å². The van der Waals surface area contributed by atoms with Crippen molar-refractivity contribution in [2.45, 2.75) is 25.2 Å². The number of nitrogens with zero attached hydrogens (tertiary/aromatic N) is 2. The molecule has 1 atom stereocenters. The monoisotopic (exact) mass is 537 g/mol. The molecule has 0 spiro atoms. The summed E-state index contributed by atoms with van der Waals surface area (Å²) in [6, 6.07) is 14.7. The largest absolute Gasteiger partial charge is 0.435 e. The lowest BCUT2D eigenvalue weighted by atomic mass is 9.97. The van der Waals surface area contributed by atoms with Crippen molar-refractivity contribution in [1.82, 2.24) is 9.78 Å². The first-order valence-corrected chi connectivity index (χ1v) is 11.6. The van der Waals surface area contributed by atoms with Crippen LogP contribution in [0.1, 0.15) is 45.0 Å². The second-order valence-corrected chi connectivity index (χ2v) is 8.96. The fraction of sp³-hybridized carbons (Fsp3) is 0.160. The third-order valence-corrected chi connectivity index (χ3v) is 6.35. The van der Waals surface area contributed by atoms with Gasteiger partial charge in [0.2, 0.25) is 11.7 Å². The topological polar surface area (TPSA) is 64.0 Å². The van der Waals surface area contributed by atoms with Crippen molar-refractivity contribution in [2.75, 3.05) is 5.32 Å². The van der Waals surface area contributed by atoms with Gasteiger partial charge in [0.25, 0.3) is 0 Å². The molecule has 12 heteroatoms. The van der Waals surface area contributed by atoms with Gasteiger partial charge in [0.1, 0.15) is 5.69 Å². The number of hydrogen-bond acceptors (Lipinski definition) is 4. The Balaban J connectivity index is 1.48. The molecule has 0 aliphatic heterocycles. The van der Waals surface area contributed by atoms with Gasteiger partial charge in [0, 0.05) is 17.3 Å². The van der Waals surface area contributed by atoms with Crippen LogP contribution < -0.4 is 5.32 Å². The van der Waals surface area contributed by atoms with Gasteiger partial charge in [-0.25, -0.2) is 4.68 Å². The van der Waals surface area contributed by atoms with Gasteiger partial charge in [-0.2, -0.15) is 31.4 Å². The van der Waals surface area contributed by atoms with Gasteiger partial charge in [-0.1, -0.05) is 30.3 Å². The van der Waals surface area contributed by atoms with E-state index < -0.39 is 35.6 Å². The van der Waals surface area contributed by atoms with Crippen LogP contribution in [0.4, 0.5) is 32.0 Å². The molecule has 0 aliphatic rings. The SMILES string of the molecule is CC(C(=O)Nc1ccc(-n2nc(C(F)(F)F)cc2C(F)(F)F)cc1)c1ccc(C(=O)c2cccs2)cc1. The second-order valence-electron chi connectivity index (χ2n) is 8.01. The summed E-state index contributed by atoms with van der Waals surface area (Å²) < 4.78 is 78.8. The number of anilines is 1. The van der Waals surface area contributed by atoms with E-state index in [2.05, 4.69) is 10.4 Å². The van der Waals surface area contributed by atoms with E-state index in [4.69, 9.17) is 0 Å². The van der Waals surface area contributed by atoms with Gasteiger partial charge in [0.05, 0.1) is 16.5 Å². The Morgan fingerprint density at radius 1 is 0.919 bits per heavy atom. The van der Waals surface area contributed by atoms with E-state index in [1.54, 1.807) is 48.7 Å². The van der Waals surface area contributed by atoms with Crippen molar-refractivity contribution >= 4 is 28.7 Å². The maximum Gasteiger partial charge on any atom is 0.435 e. The van der Waals surface area contributed by atoms with Crippen LogP contribution in [-0.2, 0) is 17.1 Å². The van der Waals surface area contributed by atoms with Crippen LogP contribution in [0.2, 0.25) is 0 Å². The first kappa shape index (κ1) is 26.1. The van der Waals surface area contributed by atoms with Crippen molar-refractivity contribution in [1.29, 1.82) is 0 Å². The Kier molecular flexibility index (Phi) is 6.96. The second kappa shape index (κ2) is 9.85. The van der Waals surface area contributed by atoms with Crippen molar-refractivity contribution in [3.63, 3.8) is 0 Å². The van der Waals surface area contributed by atoms with E-state index in [-0.39, 0.29) is 27.9 Å². The summed E-state index contributed by atoms with van der Waals surface area (Å²) in [7, 11) is 0. The number of benzene rings is 2. The highest BCUT2D eigenvalue weighted by Crippen LogP contribution is 2.36. The fourth-order valence-electron chi connectivity index (χ4n) is 3.48. The number of rotatable bonds is 6. The molecule has 37 heavy (non-hydrogen) atoms. The Bertz CT molecular complexity index is 1410. The zero-order valence-corrected chi connectivity index (χ0v) is 19.7. The molecule has 0 radical (unpaired) electrons. The van der Waals surface area contributed by atoms with E-state index >= 15 is 0 Å². The minimum Gasteiger partial charge on any atom is -0.326 e. The van der Waals surface area contributed by atoms with Gasteiger partial charge in [-0.05, 0) is 48.2 Å². The van der Waals surface area contributed by atoms with Crippen molar-refractivity contribution in [3.8, 4) is 5.69 Å². The lowest BCUT2D eigenvalue weighted by Crippen LogP contribution is -2.19. The molecule has 0 aliphatic carbocycles. The van der Waals surface area contributed by atoms with Gasteiger partial charge < -0.3 is 5.32 Å². The summed E-state index contributed by atoms with van der Waals surface area (Å²) >= 11 is 1.32. The highest BCUT2D eigenvalue weighted by atomic mass is 32.1. The number of alkyl halides is 6. The maximum atomic E-state index is 13.3. The Morgan fingerprint density at radius 3 is 2.11 bits per heavy atom. The summed E-state index contributed by atoms with van der Waals surface area (Å²) in [5.41, 5.74) is -2.19. The van der Waals surface area contributed by atoms with Crippen LogP contribution in [0.15, 0.2) is 72.1 Å². The Morgan fingerprint density at radius 2 is 1.57 bits per heavy atom. The molecule has 2 aromatic heterocycles. The lowest BCUT2D eigenvalue weighted by Gasteiger charge is -2.14. The molecule has 0 saturated carbocycles. The molecule has 1 amide bonds. The molecule has 4 aromatic rings. The van der Waals surface area contributed by atoms with E-state index in [0.717, 1.165) is 12.1 Å². The summed E-state index contributed by atoms with van der Waals surface area (Å²) in [6.07, 6.45) is -10.1. The third kappa shape index (κ3) is 5.74. The van der Waals surface area contributed by atoms with Gasteiger partial charge in [0.15, 0.2) is 5.69 Å². The van der Waals surface area contributed by atoms with Crippen LogP contribution in [0.25, 0.3) is 5.69 Å². The summed E-state index contributed by atoms with van der Waals surface area (Å²) in [4.78, 5) is 25.7. The summed E-state index contributed by atoms with van der Waals surface area (Å²) in [6.45, 7) is 1.64. The number of aromatic nitrogens is 2. The van der Waals surface area contributed by atoms with Crippen LogP contribution >= 0.6 is 11.3 Å². The average Bonchev–Trinajstić information content (AvgIpc) is 3.54. The first-order valence-electron chi connectivity index (χ1n) is 10.7. The number of amides is 1. The number of carbonyl (C=O) groups is 2. The zero-order valence-electron chi connectivity index (χ0n) is 18.9. The van der Waals surface area contributed by atoms with Crippen LogP contribution in [0.5, 0.6) is 0 Å². The minimum absolute atomic E-state index is 0.0589. The smallest absolute Gasteiger partial charge is 0.326 e. The van der Waals surface area contributed by atoms with Crippen molar-refractivity contribution in [3.05, 3.63) is 99.5 Å². The normalized spacial score (nSPS) is 12.8. The van der Waals surface area contributed by atoms with Crippen molar-refractivity contribution in [2.24, 2.45) is 0 Å². The molecule has 2 aromatic carbocycles. The highest BCUT2D eigenvalue weighted by molar-refractivity contribution is 7.12. The molecule has 4 rings (SSSR count). The molecule has 2 heterocycles. The van der Waals surface area contributed by atoms with Crippen LogP contribution in [0.3, 0.4) is 0 Å². The van der Waals surface area contributed by atoms with E-state index in [1.807, 2.05) is 0 Å². The van der Waals surface area contributed by atoms with Crippen molar-refractivity contribution < 1.29 is 35.9 Å². The van der Waals surface area contributed by atoms with E-state index in [9.17, 15) is 35.9 Å². The molecule has 1 unspecified atom stereocenters. The predicted molar refractivity (Wildman–Crippen MR) is 125 cm³/mol. The molecule has 192 valence electrons. The molecule has 0 saturated heterocycles. The predicted octanol–water partition coefficient (Wildman–Crippen LogP) is 6.94. The number of ketones is 1. The number of thiophene rings is 1. The summed E-state index contributed by atoms with van der Waals surface area (Å²) in [5, 5.41) is 7.49. The van der Waals surface area contributed by atoms with Gasteiger partial charge in [-0.3, -0.25) is 9.59 Å². The number of hydrogen-bond donors (Lipinski definition) is 1. The third-order valence-electron chi connectivity index (χ3n) is 5.48. The quantitative estimate of drug-likeness (QED) is 0.214.